The zero-order valence-corrected chi connectivity index (χ0v) is 9.35. The van der Waals surface area contributed by atoms with Gasteiger partial charge >= 0.3 is 6.18 Å². The fraction of sp³-hybridized carbons (Fsp3) is 0.273. The van der Waals surface area contributed by atoms with Crippen LogP contribution in [0, 0.1) is 5.82 Å². The third-order valence-corrected chi connectivity index (χ3v) is 2.26. The number of rotatable bonds is 2. The van der Waals surface area contributed by atoms with Crippen molar-refractivity contribution >= 4 is 16.7 Å². The fourth-order valence-corrected chi connectivity index (χ4v) is 1.53. The summed E-state index contributed by atoms with van der Waals surface area (Å²) in [5.74, 6) is -1.87. The van der Waals surface area contributed by atoms with E-state index in [1.165, 1.54) is 6.07 Å². The second-order valence-electron chi connectivity index (χ2n) is 3.59. The Morgan fingerprint density at radius 3 is 2.56 bits per heavy atom. The maximum Gasteiger partial charge on any atom is 0.451 e. The lowest BCUT2D eigenvalue weighted by Crippen LogP contribution is -2.13. The first-order valence-electron chi connectivity index (χ1n) is 5.20. The van der Waals surface area contributed by atoms with Crippen molar-refractivity contribution in [3.05, 3.63) is 29.8 Å². The molecule has 0 aliphatic rings. The molecule has 0 radical (unpaired) electrons. The van der Waals surface area contributed by atoms with Gasteiger partial charge in [0, 0.05) is 18.0 Å². The van der Waals surface area contributed by atoms with Crippen LogP contribution in [0.1, 0.15) is 12.7 Å². The van der Waals surface area contributed by atoms with E-state index < -0.39 is 17.8 Å². The van der Waals surface area contributed by atoms with Crippen LogP contribution in [0.3, 0.4) is 0 Å². The minimum Gasteiger partial charge on any atom is -0.370 e. The first-order valence-corrected chi connectivity index (χ1v) is 5.20. The molecular weight excluding hydrogens is 250 g/mol. The Morgan fingerprint density at radius 1 is 1.22 bits per heavy atom. The lowest BCUT2D eigenvalue weighted by Gasteiger charge is -2.11. The van der Waals surface area contributed by atoms with Crippen LogP contribution in [-0.2, 0) is 6.18 Å². The molecule has 0 atom stereocenters. The number of nitrogens with zero attached hydrogens (tertiary/aromatic N) is 2. The number of aromatic nitrogens is 2. The second kappa shape index (κ2) is 4.40. The molecule has 0 amide bonds. The molecule has 0 unspecified atom stereocenters. The van der Waals surface area contributed by atoms with E-state index in [2.05, 4.69) is 15.3 Å². The molecule has 0 aliphatic carbocycles. The summed E-state index contributed by atoms with van der Waals surface area (Å²) in [4.78, 5) is 6.76. The smallest absolute Gasteiger partial charge is 0.370 e. The van der Waals surface area contributed by atoms with Crippen molar-refractivity contribution in [3.63, 3.8) is 0 Å². The molecule has 0 aliphatic heterocycles. The maximum absolute atomic E-state index is 13.0. The quantitative estimate of drug-likeness (QED) is 0.841. The molecular formula is C11H9F4N3. The Balaban J connectivity index is 2.70. The average molecular weight is 259 g/mol. The third-order valence-electron chi connectivity index (χ3n) is 2.26. The van der Waals surface area contributed by atoms with Crippen molar-refractivity contribution in [3.8, 4) is 0 Å². The number of nitrogens with one attached hydrogen (secondary N) is 1. The monoisotopic (exact) mass is 259 g/mol. The van der Waals surface area contributed by atoms with Crippen LogP contribution in [0.15, 0.2) is 18.2 Å². The molecule has 0 spiro atoms. The molecule has 0 bridgehead atoms. The molecule has 3 nitrogen and oxygen atoms in total. The van der Waals surface area contributed by atoms with Gasteiger partial charge in [0.1, 0.15) is 11.6 Å². The highest BCUT2D eigenvalue weighted by Gasteiger charge is 2.35. The number of anilines is 1. The Morgan fingerprint density at radius 2 is 1.94 bits per heavy atom. The predicted molar refractivity (Wildman–Crippen MR) is 58.7 cm³/mol. The van der Waals surface area contributed by atoms with Gasteiger partial charge in [-0.05, 0) is 19.1 Å². The summed E-state index contributed by atoms with van der Waals surface area (Å²) in [6.07, 6.45) is -4.66. The SMILES string of the molecule is CCNc1nc(C(F)(F)F)nc2cc(F)ccc12. The van der Waals surface area contributed by atoms with Gasteiger partial charge in [-0.2, -0.15) is 13.2 Å². The van der Waals surface area contributed by atoms with Crippen LogP contribution in [0.4, 0.5) is 23.4 Å². The third kappa shape index (κ3) is 2.34. The molecule has 0 fully saturated rings. The van der Waals surface area contributed by atoms with Crippen LogP contribution < -0.4 is 5.32 Å². The van der Waals surface area contributed by atoms with E-state index in [4.69, 9.17) is 0 Å². The zero-order valence-electron chi connectivity index (χ0n) is 9.35. The first kappa shape index (κ1) is 12.5. The van der Waals surface area contributed by atoms with Crippen LogP contribution >= 0.6 is 0 Å². The van der Waals surface area contributed by atoms with E-state index >= 15 is 0 Å². The molecule has 2 aromatic rings. The van der Waals surface area contributed by atoms with E-state index in [9.17, 15) is 17.6 Å². The number of alkyl halides is 3. The summed E-state index contributed by atoms with van der Waals surface area (Å²) in [5, 5.41) is 3.06. The summed E-state index contributed by atoms with van der Waals surface area (Å²) in [7, 11) is 0. The van der Waals surface area contributed by atoms with Crippen molar-refractivity contribution in [2.45, 2.75) is 13.1 Å². The average Bonchev–Trinajstić information content (AvgIpc) is 2.27. The van der Waals surface area contributed by atoms with Crippen molar-refractivity contribution in [2.75, 3.05) is 11.9 Å². The Bertz CT molecular complexity index is 580. The van der Waals surface area contributed by atoms with E-state index in [1.54, 1.807) is 6.92 Å². The van der Waals surface area contributed by atoms with Crippen molar-refractivity contribution in [1.82, 2.24) is 9.97 Å². The van der Waals surface area contributed by atoms with Crippen molar-refractivity contribution in [1.29, 1.82) is 0 Å². The number of halogens is 4. The largest absolute Gasteiger partial charge is 0.451 e. The Kier molecular flexibility index (Phi) is 3.06. The van der Waals surface area contributed by atoms with Gasteiger partial charge in [0.25, 0.3) is 0 Å². The summed E-state index contributed by atoms with van der Waals surface area (Å²) in [6, 6.07) is 3.45. The molecule has 0 saturated heterocycles. The molecule has 1 N–H and O–H groups in total. The number of benzene rings is 1. The number of fused-ring (bicyclic) bond motifs is 1. The van der Waals surface area contributed by atoms with Gasteiger partial charge in [0.15, 0.2) is 0 Å². The highest BCUT2D eigenvalue weighted by Crippen LogP contribution is 2.30. The molecule has 1 aromatic heterocycles. The lowest BCUT2D eigenvalue weighted by atomic mass is 10.2. The van der Waals surface area contributed by atoms with Crippen LogP contribution in [-0.4, -0.2) is 16.5 Å². The molecule has 2 rings (SSSR count). The second-order valence-corrected chi connectivity index (χ2v) is 3.59. The van der Waals surface area contributed by atoms with Gasteiger partial charge in [0.05, 0.1) is 5.52 Å². The van der Waals surface area contributed by atoms with Gasteiger partial charge in [-0.1, -0.05) is 0 Å². The Labute approximate surface area is 99.9 Å². The topological polar surface area (TPSA) is 37.8 Å². The normalized spacial score (nSPS) is 11.8. The van der Waals surface area contributed by atoms with E-state index in [0.717, 1.165) is 12.1 Å². The van der Waals surface area contributed by atoms with Crippen molar-refractivity contribution < 1.29 is 17.6 Å². The summed E-state index contributed by atoms with van der Waals surface area (Å²) in [5.41, 5.74) is -0.0757. The highest BCUT2D eigenvalue weighted by molar-refractivity contribution is 5.89. The van der Waals surface area contributed by atoms with Gasteiger partial charge < -0.3 is 5.32 Å². The predicted octanol–water partition coefficient (Wildman–Crippen LogP) is 3.22. The molecule has 1 heterocycles. The Hall–Kier alpha value is -1.92. The maximum atomic E-state index is 13.0. The number of hydrogen-bond donors (Lipinski definition) is 1. The van der Waals surface area contributed by atoms with Gasteiger partial charge in [-0.15, -0.1) is 0 Å². The summed E-state index contributed by atoms with van der Waals surface area (Å²) in [6.45, 7) is 2.13. The lowest BCUT2D eigenvalue weighted by molar-refractivity contribution is -0.144. The fourth-order valence-electron chi connectivity index (χ4n) is 1.53. The van der Waals surface area contributed by atoms with E-state index in [-0.39, 0.29) is 11.3 Å². The van der Waals surface area contributed by atoms with E-state index in [0.29, 0.717) is 11.9 Å². The minimum atomic E-state index is -4.66. The van der Waals surface area contributed by atoms with E-state index in [1.807, 2.05) is 0 Å². The minimum absolute atomic E-state index is 0.0508. The molecule has 7 heteroatoms. The van der Waals surface area contributed by atoms with Crippen LogP contribution in [0.25, 0.3) is 10.9 Å². The molecule has 96 valence electrons. The van der Waals surface area contributed by atoms with Crippen LogP contribution in [0.5, 0.6) is 0 Å². The summed E-state index contributed by atoms with van der Waals surface area (Å²) < 4.78 is 50.8. The summed E-state index contributed by atoms with van der Waals surface area (Å²) >= 11 is 0. The molecule has 1 aromatic carbocycles. The molecule has 18 heavy (non-hydrogen) atoms. The zero-order chi connectivity index (χ0) is 13.3. The molecule has 0 saturated carbocycles. The van der Waals surface area contributed by atoms with Gasteiger partial charge in [-0.3, -0.25) is 0 Å². The van der Waals surface area contributed by atoms with Crippen molar-refractivity contribution in [2.24, 2.45) is 0 Å². The highest BCUT2D eigenvalue weighted by atomic mass is 19.4. The van der Waals surface area contributed by atoms with Crippen LogP contribution in [0.2, 0.25) is 0 Å². The van der Waals surface area contributed by atoms with Gasteiger partial charge in [0.2, 0.25) is 5.82 Å². The number of hydrogen-bond acceptors (Lipinski definition) is 3. The van der Waals surface area contributed by atoms with Gasteiger partial charge in [-0.25, -0.2) is 14.4 Å². The first-order chi connectivity index (χ1) is 8.41. The standard InChI is InChI=1S/C11H9F4N3/c1-2-16-9-7-4-3-6(12)5-8(7)17-10(18-9)11(13,14)15/h3-5H,2H2,1H3,(H,16,17,18).